The highest BCUT2D eigenvalue weighted by atomic mass is 15.2. The number of hydrogen-bond acceptors (Lipinski definition) is 1. The van der Waals surface area contributed by atoms with Gasteiger partial charge < -0.3 is 4.57 Å². The molecule has 10 aromatic rings. The number of hydrogen-bond donors (Lipinski definition) is 0. The first-order chi connectivity index (χ1) is 22.3. The van der Waals surface area contributed by atoms with Crippen LogP contribution in [-0.2, 0) is 0 Å². The van der Waals surface area contributed by atoms with Crippen molar-refractivity contribution in [1.82, 2.24) is 18.7 Å². The minimum absolute atomic E-state index is 0.882. The van der Waals surface area contributed by atoms with E-state index in [1.54, 1.807) is 0 Å². The van der Waals surface area contributed by atoms with Crippen LogP contribution in [0.15, 0.2) is 158 Å². The lowest BCUT2D eigenvalue weighted by molar-refractivity contribution is 0.956. The van der Waals surface area contributed by atoms with Gasteiger partial charge in [0.1, 0.15) is 0 Å². The van der Waals surface area contributed by atoms with Crippen molar-refractivity contribution in [3.05, 3.63) is 158 Å². The van der Waals surface area contributed by atoms with Gasteiger partial charge in [0.15, 0.2) is 0 Å². The van der Waals surface area contributed by atoms with Gasteiger partial charge >= 0.3 is 0 Å². The van der Waals surface area contributed by atoms with Crippen LogP contribution < -0.4 is 0 Å². The Bertz CT molecular complexity index is 2750. The van der Waals surface area contributed by atoms with Gasteiger partial charge in [0.25, 0.3) is 0 Å². The van der Waals surface area contributed by atoms with Crippen LogP contribution in [-0.4, -0.2) is 18.7 Å². The Morgan fingerprint density at radius 3 is 1.67 bits per heavy atom. The summed E-state index contributed by atoms with van der Waals surface area (Å²) in [6.07, 6.45) is 0. The van der Waals surface area contributed by atoms with E-state index in [1.807, 2.05) is 0 Å². The number of imidazole rings is 1. The molecule has 10 rings (SSSR count). The van der Waals surface area contributed by atoms with Crippen molar-refractivity contribution in [3.63, 3.8) is 0 Å². The molecule has 0 unspecified atom stereocenters. The Morgan fingerprint density at radius 1 is 0.356 bits per heavy atom. The summed E-state index contributed by atoms with van der Waals surface area (Å²) in [7, 11) is 0. The topological polar surface area (TPSA) is 27.7 Å². The molecule has 0 atom stereocenters. The van der Waals surface area contributed by atoms with Crippen LogP contribution >= 0.6 is 0 Å². The van der Waals surface area contributed by atoms with E-state index in [1.165, 1.54) is 43.4 Å². The molecule has 45 heavy (non-hydrogen) atoms. The third-order valence-electron chi connectivity index (χ3n) is 9.21. The molecule has 0 amide bonds. The minimum atomic E-state index is 0.882. The summed E-state index contributed by atoms with van der Waals surface area (Å²) >= 11 is 0. The molecule has 0 radical (unpaired) electrons. The molecule has 0 saturated heterocycles. The van der Waals surface area contributed by atoms with Crippen LogP contribution in [0, 0.1) is 0 Å². The highest BCUT2D eigenvalue weighted by Gasteiger charge is 2.21. The molecular formula is C41H26N4. The molecule has 4 heteroatoms. The van der Waals surface area contributed by atoms with Crippen molar-refractivity contribution in [1.29, 1.82) is 0 Å². The van der Waals surface area contributed by atoms with E-state index in [4.69, 9.17) is 4.98 Å². The molecule has 4 nitrogen and oxygen atoms in total. The maximum Gasteiger partial charge on any atom is 0.220 e. The van der Waals surface area contributed by atoms with E-state index in [9.17, 15) is 0 Å². The van der Waals surface area contributed by atoms with E-state index >= 15 is 0 Å². The molecule has 0 aliphatic rings. The molecule has 0 fully saturated rings. The zero-order chi connectivity index (χ0) is 29.5. The van der Waals surface area contributed by atoms with Gasteiger partial charge in [0.05, 0.1) is 33.1 Å². The molecule has 0 saturated carbocycles. The zero-order valence-electron chi connectivity index (χ0n) is 24.3. The molecule has 0 spiro atoms. The van der Waals surface area contributed by atoms with Crippen LogP contribution in [0.5, 0.6) is 0 Å². The van der Waals surface area contributed by atoms with E-state index in [-0.39, 0.29) is 0 Å². The standard InChI is InChI=1S/C41H26N4/c1-3-13-28(14-4-1)43-36-20-10-7-17-30(36)32-24-23-27-25-39-34(26-33(27)40(32)43)31-18-8-11-21-37(31)45(39)41-42-35-19-9-12-22-38(35)44(41)29-15-5-2-6-16-29/h1-26H. The van der Waals surface area contributed by atoms with Crippen LogP contribution in [0.25, 0.3) is 82.7 Å². The average Bonchev–Trinajstić information content (AvgIpc) is 3.75. The normalized spacial score (nSPS) is 12.0. The molecule has 0 N–H and O–H groups in total. The maximum absolute atomic E-state index is 5.27. The fourth-order valence-corrected chi connectivity index (χ4v) is 7.30. The van der Waals surface area contributed by atoms with Crippen LogP contribution in [0.3, 0.4) is 0 Å². The smallest absolute Gasteiger partial charge is 0.220 e. The fourth-order valence-electron chi connectivity index (χ4n) is 7.30. The maximum atomic E-state index is 5.27. The minimum Gasteiger partial charge on any atom is -0.309 e. The SMILES string of the molecule is c1ccc(-n2c(-n3c4ccccc4c4cc5c(ccc6c7ccccc7n(-c7ccccc7)c56)cc43)nc3ccccc32)cc1. The van der Waals surface area contributed by atoms with Crippen molar-refractivity contribution < 1.29 is 0 Å². The van der Waals surface area contributed by atoms with Crippen LogP contribution in [0.4, 0.5) is 0 Å². The van der Waals surface area contributed by atoms with Gasteiger partial charge in [-0.3, -0.25) is 9.13 Å². The average molecular weight is 575 g/mol. The number of nitrogens with zero attached hydrogens (tertiary/aromatic N) is 4. The largest absolute Gasteiger partial charge is 0.309 e. The van der Waals surface area contributed by atoms with Gasteiger partial charge in [-0.2, -0.15) is 0 Å². The first-order valence-electron chi connectivity index (χ1n) is 15.3. The van der Waals surface area contributed by atoms with Crippen molar-refractivity contribution in [2.24, 2.45) is 0 Å². The summed E-state index contributed by atoms with van der Waals surface area (Å²) in [5.41, 5.74) is 9.02. The van der Waals surface area contributed by atoms with E-state index < -0.39 is 0 Å². The highest BCUT2D eigenvalue weighted by molar-refractivity contribution is 6.22. The number of rotatable bonds is 3. The van der Waals surface area contributed by atoms with E-state index in [2.05, 4.69) is 171 Å². The molecule has 7 aromatic carbocycles. The predicted molar refractivity (Wildman–Crippen MR) is 187 cm³/mol. The van der Waals surface area contributed by atoms with Gasteiger partial charge in [0.2, 0.25) is 5.95 Å². The molecular weight excluding hydrogens is 548 g/mol. The summed E-state index contributed by atoms with van der Waals surface area (Å²) in [6, 6.07) is 56.4. The second kappa shape index (κ2) is 9.18. The lowest BCUT2D eigenvalue weighted by atomic mass is 10.0. The first-order valence-corrected chi connectivity index (χ1v) is 15.3. The third kappa shape index (κ3) is 3.39. The van der Waals surface area contributed by atoms with Gasteiger partial charge in [-0.1, -0.05) is 97.1 Å². The van der Waals surface area contributed by atoms with Gasteiger partial charge in [-0.05, 0) is 66.0 Å². The van der Waals surface area contributed by atoms with Crippen molar-refractivity contribution >= 4 is 65.4 Å². The summed E-state index contributed by atoms with van der Waals surface area (Å²) in [5.74, 6) is 0.882. The number of benzene rings is 7. The van der Waals surface area contributed by atoms with Crippen molar-refractivity contribution in [2.45, 2.75) is 0 Å². The molecule has 3 aromatic heterocycles. The molecule has 0 aliphatic heterocycles. The number of fused-ring (bicyclic) bond motifs is 9. The van der Waals surface area contributed by atoms with Gasteiger partial charge in [0, 0.05) is 38.3 Å². The Hall–Kier alpha value is -6.13. The molecule has 0 bridgehead atoms. The Morgan fingerprint density at radius 2 is 0.933 bits per heavy atom. The van der Waals surface area contributed by atoms with Gasteiger partial charge in [-0.15, -0.1) is 0 Å². The van der Waals surface area contributed by atoms with E-state index in [0.29, 0.717) is 0 Å². The highest BCUT2D eigenvalue weighted by Crippen LogP contribution is 2.41. The lowest BCUT2D eigenvalue weighted by Crippen LogP contribution is -2.05. The van der Waals surface area contributed by atoms with Crippen molar-refractivity contribution in [3.8, 4) is 17.3 Å². The summed E-state index contributed by atoms with van der Waals surface area (Å²) in [5, 5.41) is 7.37. The Kier molecular flexibility index (Phi) is 4.96. The fraction of sp³-hybridized carbons (Fsp3) is 0. The molecule has 210 valence electrons. The summed E-state index contributed by atoms with van der Waals surface area (Å²) in [6.45, 7) is 0. The second-order valence-electron chi connectivity index (χ2n) is 11.7. The summed E-state index contributed by atoms with van der Waals surface area (Å²) in [4.78, 5) is 5.27. The number of para-hydroxylation sites is 6. The lowest BCUT2D eigenvalue weighted by Gasteiger charge is -2.13. The second-order valence-corrected chi connectivity index (χ2v) is 11.7. The Labute approximate surface area is 258 Å². The quantitative estimate of drug-likeness (QED) is 0.206. The Balaban J connectivity index is 1.37. The molecule has 0 aliphatic carbocycles. The molecule has 3 heterocycles. The first kappa shape index (κ1) is 24.3. The van der Waals surface area contributed by atoms with Crippen molar-refractivity contribution in [2.75, 3.05) is 0 Å². The summed E-state index contributed by atoms with van der Waals surface area (Å²) < 4.78 is 7.04. The van der Waals surface area contributed by atoms with Crippen LogP contribution in [0.2, 0.25) is 0 Å². The van der Waals surface area contributed by atoms with Crippen LogP contribution in [0.1, 0.15) is 0 Å². The monoisotopic (exact) mass is 574 g/mol. The van der Waals surface area contributed by atoms with E-state index in [0.717, 1.165) is 39.4 Å². The van der Waals surface area contributed by atoms with Gasteiger partial charge in [-0.25, -0.2) is 4.98 Å². The predicted octanol–water partition coefficient (Wildman–Crippen LogP) is 10.4. The number of aromatic nitrogens is 4. The zero-order valence-corrected chi connectivity index (χ0v) is 24.3. The third-order valence-corrected chi connectivity index (χ3v) is 9.21.